The monoisotopic (exact) mass is 767 g/mol. The summed E-state index contributed by atoms with van der Waals surface area (Å²) in [7, 11) is 0. The third-order valence-electron chi connectivity index (χ3n) is 6.54. The van der Waals surface area contributed by atoms with Gasteiger partial charge in [-0.25, -0.2) is 0 Å². The van der Waals surface area contributed by atoms with Gasteiger partial charge in [-0.2, -0.15) is 0 Å². The molecule has 0 fully saturated rings. The van der Waals surface area contributed by atoms with Gasteiger partial charge in [0, 0.05) is 25.8 Å². The van der Waals surface area contributed by atoms with Crippen molar-refractivity contribution in [2.45, 2.75) is 27.6 Å². The number of nitrogens with zero attached hydrogens (tertiary/aromatic N) is 3. The second-order valence-corrected chi connectivity index (χ2v) is 9.96. The van der Waals surface area contributed by atoms with Crippen molar-refractivity contribution >= 4 is 10.8 Å². The molecule has 0 spiro atoms. The molecule has 3 aromatic heterocycles. The maximum atomic E-state index is 7.61. The fourth-order valence-corrected chi connectivity index (χ4v) is 4.52. The predicted octanol–water partition coefficient (Wildman–Crippen LogP) is 10.0. The minimum Gasteiger partial charge on any atom is -0.304 e. The average molecular weight is 767 g/mol. The first-order valence-electron chi connectivity index (χ1n) is 17.1. The Morgan fingerprint density at radius 1 is 0.600 bits per heavy atom. The molecule has 0 unspecified atom stereocenters. The largest absolute Gasteiger partial charge is 3.00 e. The van der Waals surface area contributed by atoms with Crippen LogP contribution in [0.2, 0.25) is 0 Å². The van der Waals surface area contributed by atoms with Gasteiger partial charge in [-0.05, 0) is 59.9 Å². The maximum Gasteiger partial charge on any atom is 3.00 e. The fourth-order valence-electron chi connectivity index (χ4n) is 4.52. The van der Waals surface area contributed by atoms with Gasteiger partial charge in [0.05, 0.1) is 0 Å². The molecule has 0 atom stereocenters. The molecule has 222 valence electrons. The summed E-state index contributed by atoms with van der Waals surface area (Å²) in [6, 6.07) is 48.9. The van der Waals surface area contributed by atoms with Crippen LogP contribution in [-0.4, -0.2) is 15.0 Å². The van der Waals surface area contributed by atoms with Crippen molar-refractivity contribution in [2.75, 3.05) is 0 Å². The van der Waals surface area contributed by atoms with Gasteiger partial charge >= 0.3 is 20.1 Å². The topological polar surface area (TPSA) is 38.7 Å². The number of fused-ring (bicyclic) bond motifs is 1. The third-order valence-corrected chi connectivity index (χ3v) is 6.54. The van der Waals surface area contributed by atoms with Crippen molar-refractivity contribution in [3.63, 3.8) is 0 Å². The van der Waals surface area contributed by atoms with Crippen LogP contribution in [0.25, 0.3) is 44.5 Å². The quantitative estimate of drug-likeness (QED) is 0.168. The number of benzene rings is 4. The average Bonchev–Trinajstić information content (AvgIpc) is 3.12. The van der Waals surface area contributed by atoms with E-state index < -0.39 is 13.7 Å². The summed E-state index contributed by atoms with van der Waals surface area (Å²) in [5.74, 6) is 0. The number of rotatable bonds is 3. The number of aromatic nitrogens is 3. The Balaban J connectivity index is 0.000000184. The van der Waals surface area contributed by atoms with Crippen LogP contribution < -0.4 is 0 Å². The van der Waals surface area contributed by atoms with Crippen molar-refractivity contribution in [3.8, 4) is 33.8 Å². The molecule has 0 N–H and O–H groups in total. The van der Waals surface area contributed by atoms with Crippen LogP contribution in [0.3, 0.4) is 0 Å². The van der Waals surface area contributed by atoms with Crippen molar-refractivity contribution < 1.29 is 28.3 Å². The minimum absolute atomic E-state index is 0. The molecule has 0 aliphatic rings. The third kappa shape index (κ3) is 9.36. The SMILES string of the molecule is Cc1cccc(-c2[c-]cccc2)n1.Cc1cccc(-c2[c-]cccc2)n1.[2H]C([2H])([2H])c1[c-]c(-c2nccc3ccccc23)cc(C([2H])([2H])[2H])c1.[Ir+3]. The second kappa shape index (κ2) is 16.4. The van der Waals surface area contributed by atoms with Crippen LogP contribution in [0.5, 0.6) is 0 Å². The molecule has 0 saturated carbocycles. The van der Waals surface area contributed by atoms with E-state index in [1.165, 1.54) is 12.1 Å². The van der Waals surface area contributed by atoms with Crippen molar-refractivity contribution in [1.29, 1.82) is 0 Å². The van der Waals surface area contributed by atoms with E-state index in [0.29, 0.717) is 11.3 Å². The van der Waals surface area contributed by atoms with E-state index in [1.54, 1.807) is 6.20 Å². The van der Waals surface area contributed by atoms with Crippen molar-refractivity contribution in [2.24, 2.45) is 0 Å². The van der Waals surface area contributed by atoms with Gasteiger partial charge in [0.25, 0.3) is 0 Å². The summed E-state index contributed by atoms with van der Waals surface area (Å²) in [5, 5.41) is 1.75. The Labute approximate surface area is 288 Å². The maximum absolute atomic E-state index is 7.61. The number of hydrogen-bond acceptors (Lipinski definition) is 3. The van der Waals surface area contributed by atoms with Crippen LogP contribution in [0, 0.1) is 45.8 Å². The van der Waals surface area contributed by atoms with Crippen LogP contribution in [0.4, 0.5) is 0 Å². The fraction of sp³-hybridized carbons (Fsp3) is 0.0976. The Hall–Kier alpha value is -4.76. The van der Waals surface area contributed by atoms with Gasteiger partial charge < -0.3 is 15.0 Å². The first-order chi connectivity index (χ1) is 23.9. The molecule has 4 aromatic carbocycles. The second-order valence-electron chi connectivity index (χ2n) is 9.96. The van der Waals surface area contributed by atoms with Crippen LogP contribution in [-0.2, 0) is 20.1 Å². The molecule has 0 aliphatic heterocycles. The zero-order valence-corrected chi connectivity index (χ0v) is 27.3. The molecule has 7 rings (SSSR count). The molecule has 0 saturated heterocycles. The van der Waals surface area contributed by atoms with Crippen molar-refractivity contribution in [1.82, 2.24) is 15.0 Å². The Kier molecular flexibility index (Phi) is 9.28. The Morgan fingerprint density at radius 3 is 1.78 bits per heavy atom. The van der Waals surface area contributed by atoms with Gasteiger partial charge in [-0.15, -0.1) is 107 Å². The minimum atomic E-state index is -2.44. The van der Waals surface area contributed by atoms with Gasteiger partial charge in [0.1, 0.15) is 0 Å². The molecule has 0 bridgehead atoms. The van der Waals surface area contributed by atoms with Gasteiger partial charge in [-0.3, -0.25) is 0 Å². The summed E-state index contributed by atoms with van der Waals surface area (Å²) in [6.07, 6.45) is 1.61. The molecule has 0 radical (unpaired) electrons. The van der Waals surface area contributed by atoms with E-state index in [0.717, 1.165) is 44.7 Å². The van der Waals surface area contributed by atoms with Crippen LogP contribution in [0.1, 0.15) is 30.7 Å². The van der Waals surface area contributed by atoms with Crippen LogP contribution >= 0.6 is 0 Å². The molecule has 0 amide bonds. The summed E-state index contributed by atoms with van der Waals surface area (Å²) < 4.78 is 45.6. The zero-order chi connectivity index (χ0) is 35.7. The standard InChI is InChI=1S/C17H14N.2C12H10N.Ir/c1-12-9-13(2)11-15(10-12)17-16-6-4-3-5-14(16)7-8-18-17;2*1-10-6-5-9-12(13-10)11-7-3-2-4-8-11;/h3-10H,1-2H3;2*2-7,9H,1H3;/q3*-1;+3/i1D3,2D3;;;. The Morgan fingerprint density at radius 2 is 1.22 bits per heavy atom. The molecular weight excluding hydrogens is 727 g/mol. The Bertz CT molecular complexity index is 2050. The van der Waals surface area contributed by atoms with E-state index in [4.69, 9.17) is 8.22 Å². The molecule has 7 aromatic rings. The van der Waals surface area contributed by atoms with E-state index in [1.807, 2.05) is 129 Å². The number of hydrogen-bond donors (Lipinski definition) is 0. The van der Waals surface area contributed by atoms with Gasteiger partial charge in [0.2, 0.25) is 0 Å². The molecule has 4 heteroatoms. The smallest absolute Gasteiger partial charge is 0.304 e. The summed E-state index contributed by atoms with van der Waals surface area (Å²) in [6.45, 7) is -0.867. The van der Waals surface area contributed by atoms with Gasteiger partial charge in [0.15, 0.2) is 0 Å². The molecule has 45 heavy (non-hydrogen) atoms. The summed E-state index contributed by atoms with van der Waals surface area (Å²) >= 11 is 0. The molecule has 3 heterocycles. The van der Waals surface area contributed by atoms with Crippen LogP contribution in [0.15, 0.2) is 134 Å². The first-order valence-corrected chi connectivity index (χ1v) is 14.1. The van der Waals surface area contributed by atoms with E-state index in [2.05, 4.69) is 33.2 Å². The summed E-state index contributed by atoms with van der Waals surface area (Å²) in [4.78, 5) is 13.1. The van der Waals surface area contributed by atoms with E-state index >= 15 is 0 Å². The predicted molar refractivity (Wildman–Crippen MR) is 182 cm³/mol. The normalized spacial score (nSPS) is 12.6. The van der Waals surface area contributed by atoms with E-state index in [-0.39, 0.29) is 31.2 Å². The van der Waals surface area contributed by atoms with E-state index in [9.17, 15) is 0 Å². The van der Waals surface area contributed by atoms with Crippen molar-refractivity contribution in [3.05, 3.63) is 174 Å². The molecule has 3 nitrogen and oxygen atoms in total. The first kappa shape index (κ1) is 25.6. The zero-order valence-electron chi connectivity index (χ0n) is 30.9. The molecular formula is C41H34IrN3. The summed E-state index contributed by atoms with van der Waals surface area (Å²) in [5.41, 5.74) is 6.87. The molecule has 0 aliphatic carbocycles. The number of aryl methyl sites for hydroxylation is 4. The number of pyridine rings is 3. The van der Waals surface area contributed by atoms with Gasteiger partial charge in [-0.1, -0.05) is 62.2 Å².